The summed E-state index contributed by atoms with van der Waals surface area (Å²) in [6.45, 7) is 15.7. The first-order valence-corrected chi connectivity index (χ1v) is 22.2. The Morgan fingerprint density at radius 3 is 2.28 bits per heavy atom. The first kappa shape index (κ1) is 41.1. The number of fused-ring (bicyclic) bond motifs is 2. The van der Waals surface area contributed by atoms with Gasteiger partial charge >= 0.3 is 6.01 Å². The number of pyridine rings is 1. The molecule has 14 heteroatoms. The molecular weight excluding hydrogens is 758 g/mol. The van der Waals surface area contributed by atoms with E-state index in [9.17, 15) is 13.2 Å². The van der Waals surface area contributed by atoms with Gasteiger partial charge in [-0.2, -0.15) is 4.98 Å². The van der Waals surface area contributed by atoms with Crippen molar-refractivity contribution in [2.45, 2.75) is 102 Å². The van der Waals surface area contributed by atoms with Gasteiger partial charge in [-0.3, -0.25) is 4.90 Å². The monoisotopic (exact) mass is 809 g/mol. The van der Waals surface area contributed by atoms with Gasteiger partial charge in [0.05, 0.1) is 16.4 Å². The normalized spacial score (nSPS) is 22.1. The van der Waals surface area contributed by atoms with Crippen LogP contribution in [0.5, 0.6) is 11.8 Å². The Morgan fingerprint density at radius 1 is 0.982 bits per heavy atom. The maximum absolute atomic E-state index is 17.4. The molecule has 2 aliphatic heterocycles. The summed E-state index contributed by atoms with van der Waals surface area (Å²) >= 11 is 0. The Bertz CT molecular complexity index is 2210. The molecule has 4 heterocycles. The average molecular weight is 810 g/mol. The molecule has 1 aliphatic carbocycles. The van der Waals surface area contributed by atoms with Crippen LogP contribution >= 0.6 is 0 Å². The zero-order valence-electron chi connectivity index (χ0n) is 34.0. The van der Waals surface area contributed by atoms with Gasteiger partial charge in [-0.25, -0.2) is 31.9 Å². The van der Waals surface area contributed by atoms with Crippen LogP contribution in [0.25, 0.3) is 32.9 Å². The fourth-order valence-corrected chi connectivity index (χ4v) is 14.4. The van der Waals surface area contributed by atoms with Crippen LogP contribution < -0.4 is 14.4 Å². The van der Waals surface area contributed by atoms with Crippen molar-refractivity contribution in [2.75, 3.05) is 51.6 Å². The maximum atomic E-state index is 17.4. The standard InChI is InChI=1S/C43H52F5N5O3Si/c1-25(2)57(26(3)4,27(5)6)16-13-32-35(45)10-9-29-17-31(56-24-54-8)18-33(36(29)32)38-37(46)39-34(40(50-38)53-15-11-28(53)7)19-49-41(51-39)55-23-42(21-43(42,47)48)22-52-14-12-30(44)20-52/h9-10,17-19,25-28,30H,11-12,14-15,20-24H2,1-8H3/t28-,30+,42+/m0/s1. The molecule has 7 rings (SSSR count). The molecule has 0 N–H and O–H groups in total. The van der Waals surface area contributed by atoms with Crippen LogP contribution in [0, 0.1) is 28.5 Å². The van der Waals surface area contributed by atoms with E-state index in [1.807, 2.05) is 11.8 Å². The second-order valence-corrected chi connectivity index (χ2v) is 22.7. The minimum atomic E-state index is -3.00. The fourth-order valence-electron chi connectivity index (χ4n) is 9.17. The summed E-state index contributed by atoms with van der Waals surface area (Å²) in [6.07, 6.45) is 1.14. The molecule has 2 aromatic carbocycles. The van der Waals surface area contributed by atoms with Crippen LogP contribution in [0.4, 0.5) is 27.8 Å². The summed E-state index contributed by atoms with van der Waals surface area (Å²) in [7, 11) is -0.843. The van der Waals surface area contributed by atoms with Crippen molar-refractivity contribution >= 4 is 35.6 Å². The number of hydrogen-bond acceptors (Lipinski definition) is 8. The Kier molecular flexibility index (Phi) is 11.3. The Labute approximate surface area is 332 Å². The topological polar surface area (TPSA) is 72.8 Å². The van der Waals surface area contributed by atoms with Crippen LogP contribution in [-0.4, -0.2) is 92.8 Å². The molecule has 2 aromatic heterocycles. The second-order valence-electron chi connectivity index (χ2n) is 17.1. The molecule has 4 aromatic rings. The van der Waals surface area contributed by atoms with Crippen LogP contribution in [0.3, 0.4) is 0 Å². The third-order valence-electron chi connectivity index (χ3n) is 12.6. The smallest absolute Gasteiger partial charge is 0.317 e. The molecule has 3 aliphatic rings. The van der Waals surface area contributed by atoms with E-state index in [4.69, 9.17) is 19.2 Å². The van der Waals surface area contributed by atoms with Crippen molar-refractivity contribution in [1.82, 2.24) is 19.9 Å². The van der Waals surface area contributed by atoms with Gasteiger partial charge < -0.3 is 19.1 Å². The summed E-state index contributed by atoms with van der Waals surface area (Å²) in [5.74, 6) is -0.298. The molecule has 0 spiro atoms. The lowest BCUT2D eigenvalue weighted by Gasteiger charge is -2.40. The molecule has 3 atom stereocenters. The SMILES string of the molecule is COCOc1cc(-c2nc(N3CC[C@@H]3C)c3cnc(OC[C@]4(CN5CC[C@@H](F)C5)CC4(F)F)nc3c2F)c2c(C#C[Si](C(C)C)(C(C)C)C(C)C)c(F)ccc2c1. The predicted octanol–water partition coefficient (Wildman–Crippen LogP) is 9.72. The summed E-state index contributed by atoms with van der Waals surface area (Å²) in [5, 5.41) is 1.26. The van der Waals surface area contributed by atoms with E-state index in [1.54, 1.807) is 23.1 Å². The van der Waals surface area contributed by atoms with Crippen molar-refractivity contribution < 1.29 is 36.2 Å². The molecule has 2 saturated heterocycles. The lowest BCUT2D eigenvalue weighted by atomic mass is 9.95. The minimum absolute atomic E-state index is 0.0289. The van der Waals surface area contributed by atoms with Crippen LogP contribution in [0.2, 0.25) is 16.6 Å². The van der Waals surface area contributed by atoms with Crippen molar-refractivity contribution in [3.63, 3.8) is 0 Å². The quantitative estimate of drug-likeness (QED) is 0.0573. The molecule has 306 valence electrons. The Balaban J connectivity index is 1.40. The van der Waals surface area contributed by atoms with Crippen LogP contribution in [0.15, 0.2) is 30.5 Å². The van der Waals surface area contributed by atoms with Crippen molar-refractivity contribution in [1.29, 1.82) is 0 Å². The molecule has 57 heavy (non-hydrogen) atoms. The summed E-state index contributed by atoms with van der Waals surface area (Å²) in [4.78, 5) is 17.5. The summed E-state index contributed by atoms with van der Waals surface area (Å²) < 4.78 is 94.1. The van der Waals surface area contributed by atoms with Crippen LogP contribution in [0.1, 0.15) is 73.3 Å². The third-order valence-corrected chi connectivity index (χ3v) is 18.9. The number of rotatable bonds is 13. The number of alkyl halides is 3. The largest absolute Gasteiger partial charge is 0.468 e. The highest BCUT2D eigenvalue weighted by molar-refractivity contribution is 6.90. The molecule has 1 saturated carbocycles. The number of halogens is 5. The molecule has 0 bridgehead atoms. The minimum Gasteiger partial charge on any atom is -0.468 e. The van der Waals surface area contributed by atoms with Gasteiger partial charge in [-0.15, -0.1) is 5.54 Å². The lowest BCUT2D eigenvalue weighted by molar-refractivity contribution is 0.0246. The number of ether oxygens (including phenoxy) is 3. The van der Waals surface area contributed by atoms with Crippen molar-refractivity contribution in [2.24, 2.45) is 5.41 Å². The van der Waals surface area contributed by atoms with Gasteiger partial charge in [0.2, 0.25) is 0 Å². The Morgan fingerprint density at radius 2 is 1.70 bits per heavy atom. The highest BCUT2D eigenvalue weighted by Crippen LogP contribution is 2.61. The van der Waals surface area contributed by atoms with Gasteiger partial charge in [0.1, 0.15) is 49.4 Å². The molecule has 3 fully saturated rings. The van der Waals surface area contributed by atoms with Crippen LogP contribution in [-0.2, 0) is 4.74 Å². The number of methoxy groups -OCH3 is 1. The molecule has 8 nitrogen and oxygen atoms in total. The fraction of sp³-hybridized carbons (Fsp3) is 0.558. The lowest BCUT2D eigenvalue weighted by Crippen LogP contribution is -2.46. The highest BCUT2D eigenvalue weighted by atomic mass is 28.3. The number of benzene rings is 2. The van der Waals surface area contributed by atoms with E-state index in [0.29, 0.717) is 47.2 Å². The van der Waals surface area contributed by atoms with E-state index >= 15 is 8.78 Å². The van der Waals surface area contributed by atoms with Gasteiger partial charge in [-0.1, -0.05) is 53.5 Å². The van der Waals surface area contributed by atoms with E-state index in [1.165, 1.54) is 19.4 Å². The van der Waals surface area contributed by atoms with Gasteiger partial charge in [0.15, 0.2) is 12.6 Å². The molecule has 0 radical (unpaired) electrons. The number of hydrogen-bond donors (Lipinski definition) is 0. The number of likely N-dealkylation sites (tertiary alicyclic amines) is 1. The average Bonchev–Trinajstić information content (AvgIpc) is 3.44. The zero-order chi connectivity index (χ0) is 41.0. The number of nitrogens with zero attached hydrogens (tertiary/aromatic N) is 5. The zero-order valence-corrected chi connectivity index (χ0v) is 35.0. The van der Waals surface area contributed by atoms with Crippen molar-refractivity contribution in [3.8, 4) is 34.5 Å². The number of aromatic nitrogens is 3. The first-order chi connectivity index (χ1) is 27.0. The maximum Gasteiger partial charge on any atom is 0.317 e. The highest BCUT2D eigenvalue weighted by Gasteiger charge is 2.72. The van der Waals surface area contributed by atoms with E-state index in [-0.39, 0.29) is 70.9 Å². The van der Waals surface area contributed by atoms with Gasteiger partial charge in [0, 0.05) is 62.9 Å². The molecule has 0 unspecified atom stereocenters. The third kappa shape index (κ3) is 7.44. The second kappa shape index (κ2) is 15.6. The van der Waals surface area contributed by atoms with Gasteiger partial charge in [-0.05, 0) is 60.0 Å². The Hall–Kier alpha value is -4.06. The summed E-state index contributed by atoms with van der Waals surface area (Å²) in [6, 6.07) is 6.14. The van der Waals surface area contributed by atoms with Crippen molar-refractivity contribution in [3.05, 3.63) is 47.7 Å². The van der Waals surface area contributed by atoms with Gasteiger partial charge in [0.25, 0.3) is 5.92 Å². The first-order valence-electron chi connectivity index (χ1n) is 19.9. The van der Waals surface area contributed by atoms with E-state index in [0.717, 1.165) is 6.42 Å². The molecule has 0 amide bonds. The summed E-state index contributed by atoms with van der Waals surface area (Å²) in [5.41, 5.74) is 3.13. The molecular formula is C43H52F5N5O3Si. The van der Waals surface area contributed by atoms with E-state index < -0.39 is 50.2 Å². The number of anilines is 1. The van der Waals surface area contributed by atoms with E-state index in [2.05, 4.69) is 63.0 Å². The predicted molar refractivity (Wildman–Crippen MR) is 215 cm³/mol.